The predicted molar refractivity (Wildman–Crippen MR) is 64.6 cm³/mol. The van der Waals surface area contributed by atoms with Gasteiger partial charge in [-0.1, -0.05) is 0 Å². The summed E-state index contributed by atoms with van der Waals surface area (Å²) in [5, 5.41) is 13.3. The van der Waals surface area contributed by atoms with Gasteiger partial charge in [0.1, 0.15) is 0 Å². The van der Waals surface area contributed by atoms with E-state index < -0.39 is 11.3 Å². The van der Waals surface area contributed by atoms with Crippen LogP contribution in [0.3, 0.4) is 0 Å². The van der Waals surface area contributed by atoms with Crippen LogP contribution in [0.4, 0.5) is 20.2 Å². The highest BCUT2D eigenvalue weighted by Gasteiger charge is 2.17. The number of nitro benzene ring substituents is 1. The standard InChI is InChI=1S/C12H12F2N2O2/c1-2-3-4-7-15-11-6-5-9(16(17)18)8-10(11)12(13)14/h1,5-6,8,12,15H,3-4,7H2. The Morgan fingerprint density at radius 3 is 2.78 bits per heavy atom. The monoisotopic (exact) mass is 254 g/mol. The first-order valence-electron chi connectivity index (χ1n) is 5.30. The van der Waals surface area contributed by atoms with Crippen molar-refractivity contribution < 1.29 is 13.7 Å². The normalized spacial score (nSPS) is 10.1. The van der Waals surface area contributed by atoms with Gasteiger partial charge in [-0.2, -0.15) is 0 Å². The molecule has 0 spiro atoms. The van der Waals surface area contributed by atoms with Crippen LogP contribution in [0.25, 0.3) is 0 Å². The van der Waals surface area contributed by atoms with E-state index in [9.17, 15) is 18.9 Å². The number of non-ortho nitro benzene ring substituents is 1. The first-order chi connectivity index (χ1) is 8.56. The van der Waals surface area contributed by atoms with E-state index in [0.29, 0.717) is 19.4 Å². The van der Waals surface area contributed by atoms with E-state index in [4.69, 9.17) is 6.42 Å². The summed E-state index contributed by atoms with van der Waals surface area (Å²) in [6.45, 7) is 0.446. The number of nitrogens with zero attached hydrogens (tertiary/aromatic N) is 1. The van der Waals surface area contributed by atoms with Crippen molar-refractivity contribution in [3.63, 3.8) is 0 Å². The molecule has 1 aromatic carbocycles. The van der Waals surface area contributed by atoms with Crippen molar-refractivity contribution in [2.45, 2.75) is 19.3 Å². The van der Waals surface area contributed by atoms with Crippen LogP contribution in [0.2, 0.25) is 0 Å². The number of anilines is 1. The van der Waals surface area contributed by atoms with Gasteiger partial charge in [0.25, 0.3) is 12.1 Å². The molecule has 0 unspecified atom stereocenters. The number of halogens is 2. The van der Waals surface area contributed by atoms with Gasteiger partial charge in [-0.15, -0.1) is 12.3 Å². The van der Waals surface area contributed by atoms with Crippen LogP contribution in [-0.4, -0.2) is 11.5 Å². The molecule has 0 amide bonds. The number of unbranched alkanes of at least 4 members (excludes halogenated alkanes) is 1. The zero-order chi connectivity index (χ0) is 13.5. The highest BCUT2D eigenvalue weighted by Crippen LogP contribution is 2.30. The van der Waals surface area contributed by atoms with Crippen molar-refractivity contribution >= 4 is 11.4 Å². The van der Waals surface area contributed by atoms with Crippen LogP contribution in [0, 0.1) is 22.5 Å². The van der Waals surface area contributed by atoms with Crippen molar-refractivity contribution in [1.29, 1.82) is 0 Å². The van der Waals surface area contributed by atoms with Crippen molar-refractivity contribution in [3.8, 4) is 12.3 Å². The highest BCUT2D eigenvalue weighted by molar-refractivity contribution is 5.56. The predicted octanol–water partition coefficient (Wildman–Crippen LogP) is 3.36. The molecule has 6 heteroatoms. The molecule has 0 saturated heterocycles. The van der Waals surface area contributed by atoms with Crippen LogP contribution >= 0.6 is 0 Å². The largest absolute Gasteiger partial charge is 0.385 e. The SMILES string of the molecule is C#CCCCNc1ccc([N+](=O)[O-])cc1C(F)F. The van der Waals surface area contributed by atoms with Gasteiger partial charge in [-0.05, 0) is 12.5 Å². The molecule has 18 heavy (non-hydrogen) atoms. The fourth-order valence-electron chi connectivity index (χ4n) is 1.42. The molecular formula is C12H12F2N2O2. The number of nitrogens with one attached hydrogen (secondary N) is 1. The Morgan fingerprint density at radius 1 is 1.50 bits per heavy atom. The van der Waals surface area contributed by atoms with E-state index in [2.05, 4.69) is 11.2 Å². The van der Waals surface area contributed by atoms with Crippen LogP contribution < -0.4 is 5.32 Å². The van der Waals surface area contributed by atoms with Gasteiger partial charge >= 0.3 is 0 Å². The maximum atomic E-state index is 12.8. The van der Waals surface area contributed by atoms with E-state index >= 15 is 0 Å². The maximum absolute atomic E-state index is 12.8. The van der Waals surface area contributed by atoms with E-state index in [0.717, 1.165) is 6.07 Å². The number of alkyl halides is 2. The Bertz CT molecular complexity index is 470. The molecule has 1 N–H and O–H groups in total. The lowest BCUT2D eigenvalue weighted by Gasteiger charge is -2.10. The molecule has 0 aromatic heterocycles. The number of terminal acetylenes is 1. The second-order valence-corrected chi connectivity index (χ2v) is 3.56. The Kier molecular flexibility index (Phi) is 5.06. The Labute approximate surface area is 103 Å². The van der Waals surface area contributed by atoms with Gasteiger partial charge in [0.05, 0.1) is 4.92 Å². The summed E-state index contributed by atoms with van der Waals surface area (Å²) in [6.07, 6.45) is 3.50. The maximum Gasteiger partial charge on any atom is 0.270 e. The van der Waals surface area contributed by atoms with E-state index in [1.165, 1.54) is 12.1 Å². The zero-order valence-electron chi connectivity index (χ0n) is 9.53. The topological polar surface area (TPSA) is 55.2 Å². The van der Waals surface area contributed by atoms with Crippen LogP contribution in [-0.2, 0) is 0 Å². The first kappa shape index (κ1) is 13.9. The second-order valence-electron chi connectivity index (χ2n) is 3.56. The molecule has 0 aliphatic heterocycles. The first-order valence-corrected chi connectivity index (χ1v) is 5.30. The average molecular weight is 254 g/mol. The number of rotatable bonds is 6. The second kappa shape index (κ2) is 6.55. The fourth-order valence-corrected chi connectivity index (χ4v) is 1.42. The number of hydrogen-bond donors (Lipinski definition) is 1. The van der Waals surface area contributed by atoms with E-state index in [1.54, 1.807) is 0 Å². The minimum absolute atomic E-state index is 0.202. The van der Waals surface area contributed by atoms with Crippen LogP contribution in [0.1, 0.15) is 24.8 Å². The molecule has 0 aliphatic rings. The van der Waals surface area contributed by atoms with E-state index in [1.807, 2.05) is 0 Å². The number of nitro groups is 1. The summed E-state index contributed by atoms with van der Waals surface area (Å²) in [4.78, 5) is 9.80. The van der Waals surface area contributed by atoms with Gasteiger partial charge < -0.3 is 5.32 Å². The molecule has 0 aliphatic carbocycles. The quantitative estimate of drug-likeness (QED) is 0.366. The van der Waals surface area contributed by atoms with Crippen LogP contribution in [0.15, 0.2) is 18.2 Å². The average Bonchev–Trinajstić information content (AvgIpc) is 2.34. The molecule has 4 nitrogen and oxygen atoms in total. The molecule has 0 atom stereocenters. The smallest absolute Gasteiger partial charge is 0.270 e. The molecule has 0 saturated carbocycles. The summed E-state index contributed by atoms with van der Waals surface area (Å²) in [6, 6.07) is 3.36. The fraction of sp³-hybridized carbons (Fsp3) is 0.333. The van der Waals surface area contributed by atoms with Gasteiger partial charge in [0, 0.05) is 36.3 Å². The van der Waals surface area contributed by atoms with Crippen molar-refractivity contribution in [2.24, 2.45) is 0 Å². The summed E-state index contributed by atoms with van der Waals surface area (Å²) in [7, 11) is 0. The van der Waals surface area contributed by atoms with Crippen LogP contribution in [0.5, 0.6) is 0 Å². The van der Waals surface area contributed by atoms with Crippen molar-refractivity contribution in [2.75, 3.05) is 11.9 Å². The van der Waals surface area contributed by atoms with Crippen molar-refractivity contribution in [3.05, 3.63) is 33.9 Å². The summed E-state index contributed by atoms with van der Waals surface area (Å²) < 4.78 is 25.5. The molecule has 0 fully saturated rings. The van der Waals surface area contributed by atoms with Crippen molar-refractivity contribution in [1.82, 2.24) is 0 Å². The van der Waals surface area contributed by atoms with Gasteiger partial charge in [-0.25, -0.2) is 8.78 Å². The summed E-state index contributed by atoms with van der Waals surface area (Å²) in [5.41, 5.74) is -0.517. The molecule has 96 valence electrons. The highest BCUT2D eigenvalue weighted by atomic mass is 19.3. The zero-order valence-corrected chi connectivity index (χ0v) is 9.53. The lowest BCUT2D eigenvalue weighted by molar-refractivity contribution is -0.385. The minimum Gasteiger partial charge on any atom is -0.385 e. The molecule has 0 radical (unpaired) electrons. The lowest BCUT2D eigenvalue weighted by Crippen LogP contribution is -2.05. The van der Waals surface area contributed by atoms with Gasteiger partial charge in [0.2, 0.25) is 0 Å². The Morgan fingerprint density at radius 2 is 2.22 bits per heavy atom. The van der Waals surface area contributed by atoms with E-state index in [-0.39, 0.29) is 16.9 Å². The summed E-state index contributed by atoms with van der Waals surface area (Å²) >= 11 is 0. The Hall–Kier alpha value is -2.16. The third kappa shape index (κ3) is 3.70. The number of hydrogen-bond acceptors (Lipinski definition) is 3. The van der Waals surface area contributed by atoms with Gasteiger partial charge in [-0.3, -0.25) is 10.1 Å². The summed E-state index contributed by atoms with van der Waals surface area (Å²) in [5.74, 6) is 2.44. The molecule has 0 heterocycles. The third-order valence-corrected chi connectivity index (χ3v) is 2.29. The third-order valence-electron chi connectivity index (χ3n) is 2.29. The molecular weight excluding hydrogens is 242 g/mol. The number of benzene rings is 1. The molecule has 1 rings (SSSR count). The lowest BCUT2D eigenvalue weighted by atomic mass is 10.1. The molecule has 0 bridgehead atoms. The molecule has 1 aromatic rings. The Balaban J connectivity index is 2.84. The minimum atomic E-state index is -2.76. The van der Waals surface area contributed by atoms with Gasteiger partial charge in [0.15, 0.2) is 0 Å².